The molecular formula is C54H83Cl2N3O4. The number of carbonyl (C=O) groups excluding carboxylic acids is 4. The molecule has 3 N–H and O–H groups in total. The van der Waals surface area contributed by atoms with Gasteiger partial charge in [-0.25, -0.2) is 6.57 Å². The predicted octanol–water partition coefficient (Wildman–Crippen LogP) is 13.9. The van der Waals surface area contributed by atoms with E-state index in [4.69, 9.17) is 23.9 Å². The van der Waals surface area contributed by atoms with Gasteiger partial charge in [-0.05, 0) is 153 Å². The Kier molecular flexibility index (Phi) is 23.8. The van der Waals surface area contributed by atoms with Crippen molar-refractivity contribution in [1.82, 2.24) is 5.32 Å². The first-order valence-corrected chi connectivity index (χ1v) is 23.4. The summed E-state index contributed by atoms with van der Waals surface area (Å²) >= 11 is 5.22. The number of amides is 1. The average molecular weight is 909 g/mol. The second kappa shape index (κ2) is 26.0. The zero-order valence-corrected chi connectivity index (χ0v) is 42.6. The van der Waals surface area contributed by atoms with Gasteiger partial charge in [0.2, 0.25) is 6.04 Å². The lowest BCUT2D eigenvalue weighted by molar-refractivity contribution is -0.118. The zero-order chi connectivity index (χ0) is 46.9. The molecule has 5 aliphatic rings. The summed E-state index contributed by atoms with van der Waals surface area (Å²) in [5.74, 6) is 2.22. The number of nitrogens with one attached hydrogen (secondary N) is 1. The first kappa shape index (κ1) is 57.7. The summed E-state index contributed by atoms with van der Waals surface area (Å²) in [6.45, 7) is 34.7. The second-order valence-corrected chi connectivity index (χ2v) is 22.9. The number of rotatable bonds is 5. The molecule has 4 saturated carbocycles. The lowest BCUT2D eigenvalue weighted by atomic mass is 9.90. The van der Waals surface area contributed by atoms with Crippen molar-refractivity contribution in [1.29, 1.82) is 0 Å². The Labute approximate surface area is 394 Å². The minimum absolute atomic E-state index is 0. The van der Waals surface area contributed by atoms with Crippen LogP contribution in [0.1, 0.15) is 185 Å². The fourth-order valence-corrected chi connectivity index (χ4v) is 8.97. The third-order valence-electron chi connectivity index (χ3n) is 12.8. The van der Waals surface area contributed by atoms with Crippen molar-refractivity contribution >= 4 is 46.7 Å². The Balaban J connectivity index is 0.000000389. The van der Waals surface area contributed by atoms with E-state index in [-0.39, 0.29) is 29.5 Å². The number of nitrogens with zero attached hydrogens (tertiary/aromatic N) is 1. The van der Waals surface area contributed by atoms with Crippen LogP contribution in [0.15, 0.2) is 60.7 Å². The van der Waals surface area contributed by atoms with Crippen LogP contribution in [-0.2, 0) is 9.59 Å². The van der Waals surface area contributed by atoms with E-state index in [0.29, 0.717) is 51.4 Å². The number of Topliss-reactive ketones (excluding diaryl/α,β-unsaturated/α-hetero) is 1. The van der Waals surface area contributed by atoms with E-state index < -0.39 is 5.24 Å². The minimum atomic E-state index is -0.403. The molecule has 3 unspecified atom stereocenters. The molecule has 9 heteroatoms. The van der Waals surface area contributed by atoms with Crippen LogP contribution in [0.3, 0.4) is 0 Å². The second-order valence-electron chi connectivity index (χ2n) is 22.5. The number of aryl methyl sites for hydroxylation is 2. The predicted molar refractivity (Wildman–Crippen MR) is 267 cm³/mol. The lowest BCUT2D eigenvalue weighted by Gasteiger charge is -2.17. The van der Waals surface area contributed by atoms with Gasteiger partial charge in [-0.1, -0.05) is 111 Å². The van der Waals surface area contributed by atoms with E-state index in [9.17, 15) is 19.2 Å². The number of nitrogens with two attached hydrogens (primary N) is 1. The van der Waals surface area contributed by atoms with Crippen molar-refractivity contribution in [3.8, 4) is 0 Å². The SMILES string of the molecule is CC1(C)C=CC(=O)C1.CC1(C)CCC(=O)C1.CC1(C)CCC(CN)C1.Cc1ccc(C(=O)Cl)cc1.Cc1ccc(C(=O)NCC2CCC(C)(C)C2)cc1.Cl.[C-]#[N+]C1CCC(C)(C)C1. The van der Waals surface area contributed by atoms with E-state index in [1.54, 1.807) is 18.2 Å². The van der Waals surface area contributed by atoms with E-state index in [2.05, 4.69) is 79.4 Å². The summed E-state index contributed by atoms with van der Waals surface area (Å²) in [5, 5.41) is 2.66. The van der Waals surface area contributed by atoms with E-state index in [1.807, 2.05) is 56.3 Å². The van der Waals surface area contributed by atoms with Crippen molar-refractivity contribution in [2.24, 2.45) is 44.6 Å². The molecule has 0 heterocycles. The number of benzene rings is 2. The molecule has 0 radical (unpaired) electrons. The first-order chi connectivity index (χ1) is 28.6. The van der Waals surface area contributed by atoms with E-state index in [0.717, 1.165) is 62.2 Å². The fourth-order valence-electron chi connectivity index (χ4n) is 8.85. The van der Waals surface area contributed by atoms with Crippen LogP contribution >= 0.6 is 24.0 Å². The quantitative estimate of drug-likeness (QED) is 0.229. The van der Waals surface area contributed by atoms with Crippen molar-refractivity contribution in [2.75, 3.05) is 13.1 Å². The topological polar surface area (TPSA) is 111 Å². The Morgan fingerprint density at radius 1 is 0.698 bits per heavy atom. The summed E-state index contributed by atoms with van der Waals surface area (Å²) in [7, 11) is 0. The number of ketones is 2. The van der Waals surface area contributed by atoms with Gasteiger partial charge in [-0.3, -0.25) is 19.2 Å². The zero-order valence-electron chi connectivity index (χ0n) is 41.1. The molecule has 7 rings (SSSR count). The number of halogens is 2. The van der Waals surface area contributed by atoms with E-state index >= 15 is 0 Å². The fraction of sp³-hybridized carbons (Fsp3) is 0.648. The van der Waals surface area contributed by atoms with Gasteiger partial charge in [0, 0.05) is 49.8 Å². The molecule has 0 aliphatic heterocycles. The van der Waals surface area contributed by atoms with Crippen LogP contribution in [0, 0.1) is 59.3 Å². The maximum absolute atomic E-state index is 12.0. The molecule has 0 bridgehead atoms. The first-order valence-electron chi connectivity index (χ1n) is 23.1. The molecule has 352 valence electrons. The summed E-state index contributed by atoms with van der Waals surface area (Å²) in [5.41, 5.74) is 11.1. The summed E-state index contributed by atoms with van der Waals surface area (Å²) in [4.78, 5) is 47.2. The third kappa shape index (κ3) is 24.0. The Bertz CT molecular complexity index is 1820. The summed E-state index contributed by atoms with van der Waals surface area (Å²) < 4.78 is 0. The van der Waals surface area contributed by atoms with Crippen LogP contribution in [-0.4, -0.2) is 41.8 Å². The molecule has 0 saturated heterocycles. The largest absolute Gasteiger partial charge is 0.352 e. The molecule has 0 spiro atoms. The van der Waals surface area contributed by atoms with Gasteiger partial charge in [0.15, 0.2) is 5.78 Å². The highest BCUT2D eigenvalue weighted by Crippen LogP contribution is 2.41. The maximum Gasteiger partial charge on any atom is 0.252 e. The van der Waals surface area contributed by atoms with E-state index in [1.165, 1.54) is 50.5 Å². The van der Waals surface area contributed by atoms with Gasteiger partial charge in [-0.2, -0.15) is 0 Å². The minimum Gasteiger partial charge on any atom is -0.352 e. The monoisotopic (exact) mass is 908 g/mol. The molecule has 63 heavy (non-hydrogen) atoms. The number of carbonyl (C=O) groups is 4. The van der Waals surface area contributed by atoms with Gasteiger partial charge >= 0.3 is 0 Å². The van der Waals surface area contributed by atoms with Gasteiger partial charge in [0.05, 0.1) is 0 Å². The van der Waals surface area contributed by atoms with Crippen LogP contribution in [0.5, 0.6) is 0 Å². The molecule has 1 amide bonds. The molecule has 0 aromatic heterocycles. The Morgan fingerprint density at radius 3 is 1.44 bits per heavy atom. The number of hydrogen-bond acceptors (Lipinski definition) is 5. The standard InChI is InChI=1S/C16H23NO.C8H7ClO.C8H13N.C8H17N.C7H12O.C7H10O.ClH/c1-12-4-6-14(7-5-12)15(18)17-11-13-8-9-16(2,3)10-13;1-6-2-4-7(5-3-6)8(9)10;1-8(2)5-4-7(6-8)9-3;1-8(2)4-3-7(5-8)6-9;2*1-7(2)4-3-6(8)5-7;/h4-7,13H,8-11H2,1-3H3,(H,17,18);2-5H,1H3;7H,4-6H2,1-2H3;7H,3-6,9H2,1-2H3;3-5H2,1-2H3;3-4H,5H2,1-2H3;1H. The van der Waals surface area contributed by atoms with Crippen molar-refractivity contribution in [3.05, 3.63) is 94.4 Å². The van der Waals surface area contributed by atoms with Crippen molar-refractivity contribution < 1.29 is 19.2 Å². The molecular weight excluding hydrogens is 826 g/mol. The Hall–Kier alpha value is -3.31. The highest BCUT2D eigenvalue weighted by Gasteiger charge is 2.34. The number of hydrogen-bond donors (Lipinski definition) is 2. The van der Waals surface area contributed by atoms with Gasteiger partial charge in [-0.15, -0.1) is 12.4 Å². The molecule has 4 fully saturated rings. The highest BCUT2D eigenvalue weighted by atomic mass is 35.5. The van der Waals surface area contributed by atoms with Crippen LogP contribution in [0.25, 0.3) is 4.85 Å². The highest BCUT2D eigenvalue weighted by molar-refractivity contribution is 6.67. The molecule has 3 atom stereocenters. The average Bonchev–Trinajstić information content (AvgIpc) is 3.99. The van der Waals surface area contributed by atoms with Crippen LogP contribution in [0.4, 0.5) is 0 Å². The molecule has 5 aliphatic carbocycles. The summed E-state index contributed by atoms with van der Waals surface area (Å²) in [6, 6.07) is 15.2. The van der Waals surface area contributed by atoms with Crippen molar-refractivity contribution in [3.63, 3.8) is 0 Å². The third-order valence-corrected chi connectivity index (χ3v) is 13.1. The van der Waals surface area contributed by atoms with Crippen LogP contribution < -0.4 is 11.1 Å². The molecule has 2 aromatic rings. The van der Waals surface area contributed by atoms with Gasteiger partial charge < -0.3 is 15.9 Å². The van der Waals surface area contributed by atoms with Gasteiger partial charge in [0.25, 0.3) is 11.1 Å². The number of allylic oxidation sites excluding steroid dienone is 2. The lowest BCUT2D eigenvalue weighted by Crippen LogP contribution is -2.28. The molecule has 2 aromatic carbocycles. The molecule has 7 nitrogen and oxygen atoms in total. The maximum atomic E-state index is 12.0. The Morgan fingerprint density at radius 2 is 1.17 bits per heavy atom. The van der Waals surface area contributed by atoms with Gasteiger partial charge in [0.1, 0.15) is 5.78 Å². The van der Waals surface area contributed by atoms with Crippen LogP contribution in [0.2, 0.25) is 0 Å². The summed E-state index contributed by atoms with van der Waals surface area (Å²) in [6.07, 6.45) is 18.3. The van der Waals surface area contributed by atoms with Crippen molar-refractivity contribution in [2.45, 2.75) is 173 Å². The smallest absolute Gasteiger partial charge is 0.252 e. The normalized spacial score (nSPS) is 23.5.